The summed E-state index contributed by atoms with van der Waals surface area (Å²) in [6, 6.07) is 24.8. The van der Waals surface area contributed by atoms with E-state index in [0.717, 1.165) is 44.2 Å². The first-order valence-corrected chi connectivity index (χ1v) is 14.7. The molecule has 1 N–H and O–H groups in total. The third-order valence-corrected chi connectivity index (χ3v) is 8.94. The lowest BCUT2D eigenvalue weighted by Gasteiger charge is -2.09. The maximum absolute atomic E-state index is 5.14. The van der Waals surface area contributed by atoms with Gasteiger partial charge in [-0.15, -0.1) is 0 Å². The predicted molar refractivity (Wildman–Crippen MR) is 174 cm³/mol. The molecule has 4 aliphatic rings. The Kier molecular flexibility index (Phi) is 5.06. The highest BCUT2D eigenvalue weighted by Crippen LogP contribution is 2.36. The fourth-order valence-corrected chi connectivity index (χ4v) is 6.29. The van der Waals surface area contributed by atoms with Crippen LogP contribution in [-0.4, -0.2) is 34.2 Å². The number of fused-ring (bicyclic) bond motifs is 17. The quantitative estimate of drug-likeness (QED) is 0.253. The van der Waals surface area contributed by atoms with Crippen molar-refractivity contribution in [3.05, 3.63) is 139 Å². The molecule has 44 heavy (non-hydrogen) atoms. The molecule has 0 spiro atoms. The normalized spacial score (nSPS) is 17.5. The summed E-state index contributed by atoms with van der Waals surface area (Å²) in [6.07, 6.45) is -0.490. The van der Waals surface area contributed by atoms with Gasteiger partial charge in [0.2, 0.25) is 0 Å². The SMILES string of the molecule is Cc1cc2c(cc1C)C1N=C3N=C(N=c4[nH]c(c5cc(C)c(C)cc45)=NC4=NC(=NC2=N1)c1ccccc14)c1ccccc13. The second-order valence-electron chi connectivity index (χ2n) is 11.7. The number of hydrogen-bond donors (Lipinski definition) is 1. The minimum absolute atomic E-state index is 0.490. The molecule has 9 rings (SSSR count). The predicted octanol–water partition coefficient (Wildman–Crippen LogP) is 5.53. The monoisotopic (exact) mass is 570 g/mol. The van der Waals surface area contributed by atoms with Crippen molar-refractivity contribution >= 4 is 40.0 Å². The van der Waals surface area contributed by atoms with E-state index in [2.05, 4.69) is 56.9 Å². The minimum Gasteiger partial charge on any atom is -0.324 e. The fraction of sp³-hybridized carbons (Fsp3) is 0.139. The van der Waals surface area contributed by atoms with Crippen LogP contribution in [0.1, 0.15) is 61.8 Å². The van der Waals surface area contributed by atoms with E-state index >= 15 is 0 Å². The largest absolute Gasteiger partial charge is 0.324 e. The van der Waals surface area contributed by atoms with E-state index in [1.807, 2.05) is 48.5 Å². The van der Waals surface area contributed by atoms with Crippen LogP contribution < -0.4 is 11.0 Å². The smallest absolute Gasteiger partial charge is 0.170 e. The third-order valence-electron chi connectivity index (χ3n) is 8.94. The van der Waals surface area contributed by atoms with Crippen molar-refractivity contribution in [2.75, 3.05) is 0 Å². The van der Waals surface area contributed by atoms with Crippen LogP contribution in [-0.2, 0) is 0 Å². The summed E-state index contributed by atoms with van der Waals surface area (Å²) in [5.74, 6) is 3.00. The molecule has 4 aliphatic heterocycles. The van der Waals surface area contributed by atoms with Crippen molar-refractivity contribution in [2.45, 2.75) is 33.9 Å². The summed E-state index contributed by atoms with van der Waals surface area (Å²) in [4.78, 5) is 39.0. The van der Waals surface area contributed by atoms with E-state index in [4.69, 9.17) is 34.9 Å². The minimum atomic E-state index is -0.490. The molecule has 1 atom stereocenters. The van der Waals surface area contributed by atoms with Crippen molar-refractivity contribution in [3.63, 3.8) is 0 Å². The lowest BCUT2D eigenvalue weighted by atomic mass is 9.99. The first-order chi connectivity index (χ1) is 21.4. The highest BCUT2D eigenvalue weighted by atomic mass is 15.2. The standard InChI is InChI=1S/C36H26N8/c1-17-13-25-26(14-18(17)2)34-40-30-23-11-7-8-12-24(23)32(38-30)42-36-28-16-20(4)19(3)15-27(28)35(44-36)41-31-22-10-6-5-9-21(22)29(37-31)39-33(25)43-34/h5-16,33H,1-4H3,(H,37,38,39,40,41,42,43,44). The first kappa shape index (κ1) is 24.9. The first-order valence-electron chi connectivity index (χ1n) is 14.7. The van der Waals surface area contributed by atoms with Crippen LogP contribution in [0.5, 0.6) is 0 Å². The highest BCUT2D eigenvalue weighted by Gasteiger charge is 2.30. The van der Waals surface area contributed by atoms with E-state index in [-0.39, 0.29) is 0 Å². The van der Waals surface area contributed by atoms with Gasteiger partial charge in [0.15, 0.2) is 35.3 Å². The molecule has 0 saturated heterocycles. The molecule has 4 aromatic carbocycles. The van der Waals surface area contributed by atoms with Gasteiger partial charge in [0, 0.05) is 44.2 Å². The topological polar surface area (TPSA) is 102 Å². The number of rotatable bonds is 0. The van der Waals surface area contributed by atoms with E-state index in [1.54, 1.807) is 0 Å². The van der Waals surface area contributed by atoms with E-state index in [0.29, 0.717) is 40.2 Å². The number of aryl methyl sites for hydroxylation is 4. The molecule has 1 unspecified atom stereocenters. The van der Waals surface area contributed by atoms with E-state index in [1.165, 1.54) is 22.3 Å². The average Bonchev–Trinajstić information content (AvgIpc) is 3.73. The lowest BCUT2D eigenvalue weighted by molar-refractivity contribution is 0.795. The van der Waals surface area contributed by atoms with E-state index < -0.39 is 6.17 Å². The molecule has 5 heterocycles. The van der Waals surface area contributed by atoms with Gasteiger partial charge in [-0.05, 0) is 68.1 Å². The van der Waals surface area contributed by atoms with Gasteiger partial charge in [-0.3, -0.25) is 0 Å². The van der Waals surface area contributed by atoms with Crippen molar-refractivity contribution in [3.8, 4) is 0 Å². The Morgan fingerprint density at radius 2 is 0.864 bits per heavy atom. The molecule has 8 nitrogen and oxygen atoms in total. The molecule has 8 bridgehead atoms. The van der Waals surface area contributed by atoms with Crippen molar-refractivity contribution in [2.24, 2.45) is 34.9 Å². The van der Waals surface area contributed by atoms with Crippen LogP contribution in [0.15, 0.2) is 108 Å². The number of H-pyrrole nitrogens is 1. The summed E-state index contributed by atoms with van der Waals surface area (Å²) in [5, 5.41) is 1.96. The van der Waals surface area contributed by atoms with Gasteiger partial charge < -0.3 is 4.98 Å². The van der Waals surface area contributed by atoms with Gasteiger partial charge in [-0.2, -0.15) is 0 Å². The maximum Gasteiger partial charge on any atom is 0.170 e. The number of nitrogens with one attached hydrogen (secondary N) is 1. The average molecular weight is 571 g/mol. The second-order valence-corrected chi connectivity index (χ2v) is 11.7. The number of hydrogen-bond acceptors (Lipinski definition) is 7. The zero-order chi connectivity index (χ0) is 29.7. The van der Waals surface area contributed by atoms with Crippen LogP contribution in [0, 0.1) is 27.7 Å². The molecule has 5 aromatic rings. The third kappa shape index (κ3) is 3.60. The number of aliphatic imine (C=N–C) groups is 5. The highest BCUT2D eigenvalue weighted by molar-refractivity contribution is 6.26. The molecule has 1 aromatic heterocycles. The van der Waals surface area contributed by atoms with Crippen LogP contribution in [0.2, 0.25) is 0 Å². The molecule has 8 heteroatoms. The molecule has 210 valence electrons. The van der Waals surface area contributed by atoms with Gasteiger partial charge in [0.1, 0.15) is 11.0 Å². The maximum atomic E-state index is 5.14. The summed E-state index contributed by atoms with van der Waals surface area (Å²) in [7, 11) is 0. The molecule has 0 amide bonds. The summed E-state index contributed by atoms with van der Waals surface area (Å²) >= 11 is 0. The molecule has 0 fully saturated rings. The molecular formula is C36H26N8. The number of nitrogens with zero attached hydrogens (tertiary/aromatic N) is 7. The molecule has 0 saturated carbocycles. The second kappa shape index (κ2) is 8.94. The summed E-state index contributed by atoms with van der Waals surface area (Å²) in [6.45, 7) is 8.45. The zero-order valence-electron chi connectivity index (χ0n) is 24.6. The fourth-order valence-electron chi connectivity index (χ4n) is 6.29. The molecule has 0 aliphatic carbocycles. The lowest BCUT2D eigenvalue weighted by Crippen LogP contribution is -2.15. The van der Waals surface area contributed by atoms with Crippen molar-refractivity contribution < 1.29 is 0 Å². The van der Waals surface area contributed by atoms with Crippen LogP contribution in [0.4, 0.5) is 0 Å². The van der Waals surface area contributed by atoms with E-state index in [9.17, 15) is 0 Å². The number of aromatic nitrogens is 1. The van der Waals surface area contributed by atoms with Crippen LogP contribution in [0.25, 0.3) is 10.8 Å². The van der Waals surface area contributed by atoms with Gasteiger partial charge in [0.25, 0.3) is 0 Å². The van der Waals surface area contributed by atoms with Crippen LogP contribution in [0.3, 0.4) is 0 Å². The number of aromatic amines is 1. The zero-order valence-corrected chi connectivity index (χ0v) is 24.6. The Morgan fingerprint density at radius 3 is 1.41 bits per heavy atom. The number of amidine groups is 5. The van der Waals surface area contributed by atoms with Crippen LogP contribution >= 0.6 is 0 Å². The van der Waals surface area contributed by atoms with Gasteiger partial charge >= 0.3 is 0 Å². The van der Waals surface area contributed by atoms with Gasteiger partial charge in [0.05, 0.1) is 0 Å². The molecule has 0 radical (unpaired) electrons. The van der Waals surface area contributed by atoms with Crippen molar-refractivity contribution in [1.82, 2.24) is 4.98 Å². The van der Waals surface area contributed by atoms with Gasteiger partial charge in [-0.25, -0.2) is 34.9 Å². The molecular weight excluding hydrogens is 544 g/mol. The Hall–Kier alpha value is -5.63. The number of benzene rings is 4. The van der Waals surface area contributed by atoms with Crippen molar-refractivity contribution in [1.29, 1.82) is 0 Å². The Morgan fingerprint density at radius 1 is 0.455 bits per heavy atom. The Bertz CT molecular complexity index is 2430. The summed E-state index contributed by atoms with van der Waals surface area (Å²) in [5.41, 5.74) is 11.8. The Balaban J connectivity index is 1.40. The van der Waals surface area contributed by atoms with Gasteiger partial charge in [-0.1, -0.05) is 54.6 Å². The Labute approximate surface area is 252 Å². The summed E-state index contributed by atoms with van der Waals surface area (Å²) < 4.78 is 0.